The quantitative estimate of drug-likeness (QED) is 0.912. The molecular formula is C18H26N4O2. The van der Waals surface area contributed by atoms with Crippen molar-refractivity contribution in [1.29, 1.82) is 0 Å². The van der Waals surface area contributed by atoms with Gasteiger partial charge in [-0.25, -0.2) is 4.98 Å². The smallest absolute Gasteiger partial charge is 0.242 e. The lowest BCUT2D eigenvalue weighted by molar-refractivity contribution is -0.134. The number of benzene rings is 1. The lowest BCUT2D eigenvalue weighted by Gasteiger charge is -2.28. The lowest BCUT2D eigenvalue weighted by Crippen LogP contribution is -2.46. The molecule has 0 bridgehead atoms. The fraction of sp³-hybridized carbons (Fsp3) is 0.556. The summed E-state index contributed by atoms with van der Waals surface area (Å²) < 4.78 is 7.29. The first kappa shape index (κ1) is 16.9. The highest BCUT2D eigenvalue weighted by atomic mass is 16.5. The van der Waals surface area contributed by atoms with Gasteiger partial charge in [-0.15, -0.1) is 0 Å². The van der Waals surface area contributed by atoms with E-state index in [0.717, 1.165) is 36.2 Å². The van der Waals surface area contributed by atoms with Gasteiger partial charge in [-0.3, -0.25) is 4.79 Å². The molecule has 2 atom stereocenters. The van der Waals surface area contributed by atoms with Crippen molar-refractivity contribution in [2.75, 3.05) is 20.3 Å². The summed E-state index contributed by atoms with van der Waals surface area (Å²) in [5.74, 6) is 0.906. The number of methoxy groups -OCH3 is 1. The van der Waals surface area contributed by atoms with Gasteiger partial charge in [0, 0.05) is 19.7 Å². The fourth-order valence-electron chi connectivity index (χ4n) is 3.60. The molecule has 1 aromatic heterocycles. The van der Waals surface area contributed by atoms with Crippen LogP contribution in [-0.2, 0) is 9.53 Å². The number of carbonyl (C=O) groups is 1. The van der Waals surface area contributed by atoms with E-state index in [0.29, 0.717) is 0 Å². The zero-order chi connectivity index (χ0) is 17.3. The summed E-state index contributed by atoms with van der Waals surface area (Å²) in [6, 6.07) is 7.77. The van der Waals surface area contributed by atoms with Crippen molar-refractivity contribution < 1.29 is 9.53 Å². The average molecular weight is 330 g/mol. The van der Waals surface area contributed by atoms with Crippen LogP contribution in [0.25, 0.3) is 11.0 Å². The number of hydrogen-bond donors (Lipinski definition) is 1. The Morgan fingerprint density at radius 1 is 1.42 bits per heavy atom. The Kier molecular flexibility index (Phi) is 4.87. The average Bonchev–Trinajstić information content (AvgIpc) is 3.18. The van der Waals surface area contributed by atoms with Gasteiger partial charge in [-0.05, 0) is 38.8 Å². The van der Waals surface area contributed by atoms with Crippen LogP contribution in [0.4, 0.5) is 0 Å². The van der Waals surface area contributed by atoms with E-state index in [1.54, 1.807) is 7.11 Å². The largest absolute Gasteiger partial charge is 0.383 e. The second kappa shape index (κ2) is 6.91. The fourth-order valence-corrected chi connectivity index (χ4v) is 3.60. The molecule has 0 spiro atoms. The molecular weight excluding hydrogens is 304 g/mol. The number of rotatable bonds is 5. The van der Waals surface area contributed by atoms with Gasteiger partial charge >= 0.3 is 0 Å². The standard InChI is InChI=1S/C18H26N4O2/c1-12(2)22-15-8-5-4-7-14(15)20-17(22)16-9-6-10-21(16)18(23)13(19)11-24-3/h4-5,7-8,12-13,16H,6,9-11,19H2,1-3H3. The molecule has 1 fully saturated rings. The Balaban J connectivity index is 1.99. The zero-order valence-electron chi connectivity index (χ0n) is 14.6. The number of aromatic nitrogens is 2. The summed E-state index contributed by atoms with van der Waals surface area (Å²) in [7, 11) is 1.56. The first-order valence-electron chi connectivity index (χ1n) is 8.56. The van der Waals surface area contributed by atoms with Crippen molar-refractivity contribution in [1.82, 2.24) is 14.5 Å². The molecule has 2 aromatic rings. The molecule has 1 aliphatic rings. The van der Waals surface area contributed by atoms with Crippen molar-refractivity contribution in [3.05, 3.63) is 30.1 Å². The summed E-state index contributed by atoms with van der Waals surface area (Å²) >= 11 is 0. The number of nitrogens with zero attached hydrogens (tertiary/aromatic N) is 3. The van der Waals surface area contributed by atoms with E-state index < -0.39 is 6.04 Å². The Morgan fingerprint density at radius 2 is 2.17 bits per heavy atom. The summed E-state index contributed by atoms with van der Waals surface area (Å²) in [5, 5.41) is 0. The van der Waals surface area contributed by atoms with E-state index in [4.69, 9.17) is 15.5 Å². The molecule has 130 valence electrons. The molecule has 0 saturated carbocycles. The van der Waals surface area contributed by atoms with Crippen LogP contribution in [0, 0.1) is 0 Å². The maximum atomic E-state index is 12.7. The highest BCUT2D eigenvalue weighted by Gasteiger charge is 2.36. The third kappa shape index (κ3) is 2.91. The van der Waals surface area contributed by atoms with Crippen LogP contribution in [0.3, 0.4) is 0 Å². The van der Waals surface area contributed by atoms with Crippen LogP contribution in [0.2, 0.25) is 0 Å². The Morgan fingerprint density at radius 3 is 2.88 bits per heavy atom. The van der Waals surface area contributed by atoms with Crippen molar-refractivity contribution >= 4 is 16.9 Å². The number of amides is 1. The molecule has 6 heteroatoms. The summed E-state index contributed by atoms with van der Waals surface area (Å²) in [6.45, 7) is 5.26. The van der Waals surface area contributed by atoms with Gasteiger partial charge in [-0.2, -0.15) is 0 Å². The first-order valence-corrected chi connectivity index (χ1v) is 8.56. The zero-order valence-corrected chi connectivity index (χ0v) is 14.6. The van der Waals surface area contributed by atoms with Crippen LogP contribution in [0.15, 0.2) is 24.3 Å². The van der Waals surface area contributed by atoms with E-state index in [2.05, 4.69) is 24.5 Å². The molecule has 3 rings (SSSR count). The maximum absolute atomic E-state index is 12.7. The van der Waals surface area contributed by atoms with Gasteiger partial charge in [0.05, 0.1) is 23.7 Å². The predicted octanol–water partition coefficient (Wildman–Crippen LogP) is 2.25. The number of nitrogens with two attached hydrogens (primary N) is 1. The van der Waals surface area contributed by atoms with Crippen LogP contribution in [0.1, 0.15) is 44.6 Å². The van der Waals surface area contributed by atoms with Gasteiger partial charge in [0.2, 0.25) is 5.91 Å². The molecule has 0 radical (unpaired) electrons. The van der Waals surface area contributed by atoms with E-state index in [1.807, 2.05) is 23.1 Å². The number of imidazole rings is 1. The normalized spacial score (nSPS) is 19.4. The molecule has 6 nitrogen and oxygen atoms in total. The summed E-state index contributed by atoms with van der Waals surface area (Å²) in [5.41, 5.74) is 8.07. The van der Waals surface area contributed by atoms with Crippen LogP contribution >= 0.6 is 0 Å². The number of likely N-dealkylation sites (tertiary alicyclic amines) is 1. The number of ether oxygens (including phenoxy) is 1. The Hall–Kier alpha value is -1.92. The monoisotopic (exact) mass is 330 g/mol. The number of fused-ring (bicyclic) bond motifs is 1. The van der Waals surface area contributed by atoms with Crippen molar-refractivity contribution in [3.63, 3.8) is 0 Å². The third-order valence-electron chi connectivity index (χ3n) is 4.64. The Labute approximate surface area is 142 Å². The summed E-state index contributed by atoms with van der Waals surface area (Å²) in [4.78, 5) is 19.4. The molecule has 1 aromatic carbocycles. The SMILES string of the molecule is COCC(N)C(=O)N1CCCC1c1nc2ccccc2n1C(C)C. The second-order valence-electron chi connectivity index (χ2n) is 6.67. The van der Waals surface area contributed by atoms with Crippen LogP contribution in [0.5, 0.6) is 0 Å². The minimum atomic E-state index is -0.618. The van der Waals surface area contributed by atoms with Crippen LogP contribution in [-0.4, -0.2) is 46.7 Å². The second-order valence-corrected chi connectivity index (χ2v) is 6.67. The third-order valence-corrected chi connectivity index (χ3v) is 4.64. The number of hydrogen-bond acceptors (Lipinski definition) is 4. The van der Waals surface area contributed by atoms with E-state index in [1.165, 1.54) is 0 Å². The lowest BCUT2D eigenvalue weighted by atomic mass is 10.1. The van der Waals surface area contributed by atoms with E-state index >= 15 is 0 Å². The Bertz CT molecular complexity index is 725. The predicted molar refractivity (Wildman–Crippen MR) is 93.7 cm³/mol. The van der Waals surface area contributed by atoms with Crippen molar-refractivity contribution in [3.8, 4) is 0 Å². The minimum absolute atomic E-state index is 0.0183. The van der Waals surface area contributed by atoms with Gasteiger partial charge < -0.3 is 19.9 Å². The molecule has 2 unspecified atom stereocenters. The number of carbonyl (C=O) groups excluding carboxylic acids is 1. The topological polar surface area (TPSA) is 73.4 Å². The molecule has 1 saturated heterocycles. The number of para-hydroxylation sites is 2. The highest BCUT2D eigenvalue weighted by Crippen LogP contribution is 2.35. The molecule has 2 N–H and O–H groups in total. The molecule has 0 aliphatic carbocycles. The van der Waals surface area contributed by atoms with Gasteiger partial charge in [-0.1, -0.05) is 12.1 Å². The first-order chi connectivity index (χ1) is 11.5. The van der Waals surface area contributed by atoms with Crippen molar-refractivity contribution in [2.24, 2.45) is 5.73 Å². The minimum Gasteiger partial charge on any atom is -0.383 e. The molecule has 24 heavy (non-hydrogen) atoms. The van der Waals surface area contributed by atoms with Crippen LogP contribution < -0.4 is 5.73 Å². The van der Waals surface area contributed by atoms with Gasteiger partial charge in [0.25, 0.3) is 0 Å². The van der Waals surface area contributed by atoms with E-state index in [-0.39, 0.29) is 24.6 Å². The highest BCUT2D eigenvalue weighted by molar-refractivity contribution is 5.83. The van der Waals surface area contributed by atoms with Gasteiger partial charge in [0.15, 0.2) is 0 Å². The van der Waals surface area contributed by atoms with Crippen molar-refractivity contribution in [2.45, 2.75) is 44.8 Å². The van der Waals surface area contributed by atoms with E-state index in [9.17, 15) is 4.79 Å². The molecule has 1 aliphatic heterocycles. The van der Waals surface area contributed by atoms with Gasteiger partial charge in [0.1, 0.15) is 11.9 Å². The summed E-state index contributed by atoms with van der Waals surface area (Å²) in [6.07, 6.45) is 1.89. The molecule has 2 heterocycles. The maximum Gasteiger partial charge on any atom is 0.242 e. The molecule has 1 amide bonds.